The molecule has 0 amide bonds. The summed E-state index contributed by atoms with van der Waals surface area (Å²) in [6.45, 7) is 4.48. The van der Waals surface area contributed by atoms with Crippen molar-refractivity contribution in [2.45, 2.75) is 56.5 Å². The van der Waals surface area contributed by atoms with E-state index < -0.39 is 10.0 Å². The van der Waals surface area contributed by atoms with E-state index in [1.807, 2.05) is 0 Å². The van der Waals surface area contributed by atoms with E-state index in [4.69, 9.17) is 11.6 Å². The highest BCUT2D eigenvalue weighted by molar-refractivity contribution is 7.89. The van der Waals surface area contributed by atoms with Crippen LogP contribution in [0.4, 0.5) is 0 Å². The van der Waals surface area contributed by atoms with E-state index in [-0.39, 0.29) is 11.1 Å². The van der Waals surface area contributed by atoms with Crippen molar-refractivity contribution >= 4 is 21.6 Å². The molecule has 0 atom stereocenters. The van der Waals surface area contributed by atoms with E-state index in [0.29, 0.717) is 11.3 Å². The molecule has 1 heterocycles. The van der Waals surface area contributed by atoms with Gasteiger partial charge in [0.05, 0.1) is 0 Å². The van der Waals surface area contributed by atoms with Gasteiger partial charge < -0.3 is 0 Å². The Bertz CT molecular complexity index is 574. The maximum Gasteiger partial charge on any atom is 0.260 e. The van der Waals surface area contributed by atoms with Gasteiger partial charge in [-0.1, -0.05) is 19.9 Å². The molecule has 0 radical (unpaired) electrons. The third kappa shape index (κ3) is 3.76. The lowest BCUT2D eigenvalue weighted by atomic mass is 9.76. The zero-order valence-electron chi connectivity index (χ0n) is 12.8. The fourth-order valence-electron chi connectivity index (χ4n) is 2.73. The number of halogens is 1. The SMILES string of the molecule is CN(C1CCC(C)(C)CC1)S(=O)(=O)c1ccc(CCl)cn1. The van der Waals surface area contributed by atoms with Crippen LogP contribution in [0.3, 0.4) is 0 Å². The lowest BCUT2D eigenvalue weighted by molar-refractivity contribution is 0.174. The number of rotatable bonds is 4. The second-order valence-corrected chi connectivity index (χ2v) is 8.77. The standard InChI is InChI=1S/C15H23ClN2O2S/c1-15(2)8-6-13(7-9-15)18(3)21(19,20)14-5-4-12(10-16)11-17-14/h4-5,11,13H,6-10H2,1-3H3. The van der Waals surface area contributed by atoms with Gasteiger partial charge in [-0.15, -0.1) is 11.6 Å². The third-order valence-electron chi connectivity index (χ3n) is 4.42. The Kier molecular flexibility index (Phi) is 4.96. The first-order chi connectivity index (χ1) is 9.76. The summed E-state index contributed by atoms with van der Waals surface area (Å²) in [4.78, 5) is 4.05. The summed E-state index contributed by atoms with van der Waals surface area (Å²) in [6.07, 6.45) is 5.44. The Morgan fingerprint density at radius 1 is 1.33 bits per heavy atom. The predicted octanol–water partition coefficient (Wildman–Crippen LogP) is 3.41. The molecular formula is C15H23ClN2O2S. The van der Waals surface area contributed by atoms with Crippen molar-refractivity contribution in [1.82, 2.24) is 9.29 Å². The van der Waals surface area contributed by atoms with Crippen LogP contribution in [0.2, 0.25) is 0 Å². The molecule has 1 aromatic heterocycles. The quantitative estimate of drug-likeness (QED) is 0.795. The monoisotopic (exact) mass is 330 g/mol. The molecule has 0 spiro atoms. The highest BCUT2D eigenvalue weighted by Crippen LogP contribution is 2.37. The average molecular weight is 331 g/mol. The van der Waals surface area contributed by atoms with Gasteiger partial charge in [-0.2, -0.15) is 4.31 Å². The summed E-state index contributed by atoms with van der Waals surface area (Å²) in [5.74, 6) is 0.334. The highest BCUT2D eigenvalue weighted by atomic mass is 35.5. The minimum absolute atomic E-state index is 0.0672. The smallest absolute Gasteiger partial charge is 0.243 e. The molecule has 118 valence electrons. The van der Waals surface area contributed by atoms with Gasteiger partial charge >= 0.3 is 0 Å². The van der Waals surface area contributed by atoms with Gasteiger partial charge in [0, 0.05) is 25.2 Å². The summed E-state index contributed by atoms with van der Waals surface area (Å²) in [7, 11) is -1.86. The summed E-state index contributed by atoms with van der Waals surface area (Å²) in [5, 5.41) is 0.101. The fraction of sp³-hybridized carbons (Fsp3) is 0.667. The largest absolute Gasteiger partial charge is 0.260 e. The Morgan fingerprint density at radius 3 is 2.43 bits per heavy atom. The number of pyridine rings is 1. The number of aromatic nitrogens is 1. The molecule has 0 aromatic carbocycles. The van der Waals surface area contributed by atoms with Gasteiger partial charge in [-0.05, 0) is 42.7 Å². The Labute approximate surface area is 132 Å². The van der Waals surface area contributed by atoms with Crippen LogP contribution in [0.1, 0.15) is 45.1 Å². The topological polar surface area (TPSA) is 50.3 Å². The maximum atomic E-state index is 12.6. The molecule has 21 heavy (non-hydrogen) atoms. The van der Waals surface area contributed by atoms with Crippen molar-refractivity contribution in [3.05, 3.63) is 23.9 Å². The number of alkyl halides is 1. The normalized spacial score (nSPS) is 19.9. The van der Waals surface area contributed by atoms with Crippen LogP contribution in [0.25, 0.3) is 0 Å². The molecule has 0 bridgehead atoms. The minimum atomic E-state index is -3.52. The second-order valence-electron chi connectivity index (χ2n) is 6.55. The van der Waals surface area contributed by atoms with Crippen LogP contribution < -0.4 is 0 Å². The van der Waals surface area contributed by atoms with Crippen LogP contribution in [-0.4, -0.2) is 30.8 Å². The van der Waals surface area contributed by atoms with Crippen LogP contribution in [0.15, 0.2) is 23.4 Å². The van der Waals surface area contributed by atoms with Crippen molar-refractivity contribution in [2.75, 3.05) is 7.05 Å². The third-order valence-corrected chi connectivity index (χ3v) is 6.55. The molecule has 1 saturated carbocycles. The van der Waals surface area contributed by atoms with Crippen molar-refractivity contribution in [2.24, 2.45) is 5.41 Å². The second kappa shape index (κ2) is 6.23. The molecule has 0 N–H and O–H groups in total. The van der Waals surface area contributed by atoms with Gasteiger partial charge in [0.25, 0.3) is 10.0 Å². The molecule has 1 aromatic rings. The molecule has 4 nitrogen and oxygen atoms in total. The lowest BCUT2D eigenvalue weighted by Crippen LogP contribution is -2.41. The van der Waals surface area contributed by atoms with Crippen molar-refractivity contribution in [1.29, 1.82) is 0 Å². The Balaban J connectivity index is 2.15. The van der Waals surface area contributed by atoms with Crippen molar-refractivity contribution in [3.8, 4) is 0 Å². The molecule has 6 heteroatoms. The average Bonchev–Trinajstić information content (AvgIpc) is 2.46. The van der Waals surface area contributed by atoms with Gasteiger partial charge in [-0.3, -0.25) is 0 Å². The summed E-state index contributed by atoms with van der Waals surface area (Å²) >= 11 is 5.70. The summed E-state index contributed by atoms with van der Waals surface area (Å²) in [6, 6.07) is 3.32. The number of nitrogens with zero attached hydrogens (tertiary/aromatic N) is 2. The van der Waals surface area contributed by atoms with E-state index in [2.05, 4.69) is 18.8 Å². The van der Waals surface area contributed by atoms with E-state index in [9.17, 15) is 8.42 Å². The van der Waals surface area contributed by atoms with Crippen molar-refractivity contribution < 1.29 is 8.42 Å². The molecule has 1 aliphatic carbocycles. The van der Waals surface area contributed by atoms with Gasteiger partial charge in [-0.25, -0.2) is 13.4 Å². The predicted molar refractivity (Wildman–Crippen MR) is 84.8 cm³/mol. The molecule has 0 unspecified atom stereocenters. The molecule has 2 rings (SSSR count). The van der Waals surface area contributed by atoms with E-state index in [1.165, 1.54) is 16.6 Å². The fourth-order valence-corrected chi connectivity index (χ4v) is 4.22. The first-order valence-corrected chi connectivity index (χ1v) is 9.23. The maximum absolute atomic E-state index is 12.6. The molecule has 1 fully saturated rings. The minimum Gasteiger partial charge on any atom is -0.243 e. The van der Waals surface area contributed by atoms with Crippen molar-refractivity contribution in [3.63, 3.8) is 0 Å². The molecular weight excluding hydrogens is 308 g/mol. The highest BCUT2D eigenvalue weighted by Gasteiger charge is 2.34. The van der Waals surface area contributed by atoms with Gasteiger partial charge in [0.1, 0.15) is 0 Å². The van der Waals surface area contributed by atoms with Crippen LogP contribution in [0.5, 0.6) is 0 Å². The number of hydrogen-bond donors (Lipinski definition) is 0. The van der Waals surface area contributed by atoms with Gasteiger partial charge in [0.15, 0.2) is 5.03 Å². The van der Waals surface area contributed by atoms with Crippen LogP contribution >= 0.6 is 11.6 Å². The Hall–Kier alpha value is -0.650. The first kappa shape index (κ1) is 16.7. The zero-order chi connectivity index (χ0) is 15.7. The van der Waals surface area contributed by atoms with E-state index >= 15 is 0 Å². The van der Waals surface area contributed by atoms with Crippen LogP contribution in [-0.2, 0) is 15.9 Å². The molecule has 1 aliphatic rings. The molecule has 0 aliphatic heterocycles. The first-order valence-electron chi connectivity index (χ1n) is 7.25. The summed E-state index contributed by atoms with van der Waals surface area (Å²) in [5.41, 5.74) is 1.14. The van der Waals surface area contributed by atoms with E-state index in [0.717, 1.165) is 31.2 Å². The Morgan fingerprint density at radius 2 is 1.95 bits per heavy atom. The number of sulfonamides is 1. The number of hydrogen-bond acceptors (Lipinski definition) is 3. The zero-order valence-corrected chi connectivity index (χ0v) is 14.4. The lowest BCUT2D eigenvalue weighted by Gasteiger charge is -2.37. The molecule has 0 saturated heterocycles. The van der Waals surface area contributed by atoms with E-state index in [1.54, 1.807) is 13.1 Å². The van der Waals surface area contributed by atoms with Crippen LogP contribution in [0, 0.1) is 5.41 Å². The van der Waals surface area contributed by atoms with Gasteiger partial charge in [0.2, 0.25) is 0 Å². The summed E-state index contributed by atoms with van der Waals surface area (Å²) < 4.78 is 26.7.